The number of hydrogen-bond acceptors (Lipinski definition) is 5. The number of hydrogen-bond donors (Lipinski definition) is 0. The van der Waals surface area contributed by atoms with Gasteiger partial charge in [0, 0.05) is 17.1 Å². The van der Waals surface area contributed by atoms with Gasteiger partial charge in [-0.15, -0.1) is 0 Å². The maximum atomic E-state index is 11.4. The van der Waals surface area contributed by atoms with Gasteiger partial charge in [0.1, 0.15) is 17.0 Å². The lowest BCUT2D eigenvalue weighted by Gasteiger charge is -2.11. The predicted molar refractivity (Wildman–Crippen MR) is 75.2 cm³/mol. The molecule has 20 heavy (non-hydrogen) atoms. The zero-order chi connectivity index (χ0) is 14.5. The molecule has 0 aliphatic heterocycles. The Labute approximate surface area is 117 Å². The Morgan fingerprint density at radius 3 is 2.80 bits per heavy atom. The van der Waals surface area contributed by atoms with Crippen LogP contribution in [0.2, 0.25) is 0 Å². The van der Waals surface area contributed by atoms with Crippen LogP contribution in [0.4, 0.5) is 0 Å². The first-order chi connectivity index (χ1) is 9.65. The van der Waals surface area contributed by atoms with E-state index in [2.05, 4.69) is 4.98 Å². The Bertz CT molecular complexity index is 625. The van der Waals surface area contributed by atoms with Gasteiger partial charge in [-0.05, 0) is 26.0 Å². The highest BCUT2D eigenvalue weighted by Crippen LogP contribution is 2.31. The zero-order valence-electron chi connectivity index (χ0n) is 11.8. The predicted octanol–water partition coefficient (Wildman–Crippen LogP) is 2.49. The largest absolute Gasteiger partial charge is 0.494 e. The van der Waals surface area contributed by atoms with Crippen LogP contribution >= 0.6 is 0 Å². The van der Waals surface area contributed by atoms with Gasteiger partial charge >= 0.3 is 5.97 Å². The van der Waals surface area contributed by atoms with Gasteiger partial charge in [-0.3, -0.25) is 0 Å². The first-order valence-electron chi connectivity index (χ1n) is 6.38. The van der Waals surface area contributed by atoms with Crippen molar-refractivity contribution in [2.75, 3.05) is 20.3 Å². The summed E-state index contributed by atoms with van der Waals surface area (Å²) in [5.41, 5.74) is 1.51. The smallest absolute Gasteiger partial charge is 0.344 e. The molecule has 2 aromatic rings. The van der Waals surface area contributed by atoms with Crippen molar-refractivity contribution in [3.63, 3.8) is 0 Å². The molecule has 106 valence electrons. The summed E-state index contributed by atoms with van der Waals surface area (Å²) in [6.45, 7) is 3.84. The van der Waals surface area contributed by atoms with Crippen LogP contribution in [-0.2, 0) is 9.53 Å². The third-order valence-electron chi connectivity index (χ3n) is 2.76. The van der Waals surface area contributed by atoms with E-state index in [-0.39, 0.29) is 6.61 Å². The summed E-state index contributed by atoms with van der Waals surface area (Å²) in [5.74, 6) is 0.879. The van der Waals surface area contributed by atoms with Crippen molar-refractivity contribution >= 4 is 16.9 Å². The average Bonchev–Trinajstić information content (AvgIpc) is 2.44. The highest BCUT2D eigenvalue weighted by molar-refractivity contribution is 5.90. The summed E-state index contributed by atoms with van der Waals surface area (Å²) in [6, 6.07) is 7.37. The molecule has 0 aliphatic carbocycles. The minimum Gasteiger partial charge on any atom is -0.494 e. The number of carbonyl (C=O) groups is 1. The second-order valence-electron chi connectivity index (χ2n) is 4.21. The van der Waals surface area contributed by atoms with E-state index in [9.17, 15) is 4.79 Å². The monoisotopic (exact) mass is 275 g/mol. The van der Waals surface area contributed by atoms with E-state index in [4.69, 9.17) is 14.2 Å². The summed E-state index contributed by atoms with van der Waals surface area (Å²) < 4.78 is 15.7. The van der Waals surface area contributed by atoms with Crippen LogP contribution in [-0.4, -0.2) is 31.3 Å². The number of fused-ring (bicyclic) bond motifs is 1. The molecule has 0 N–H and O–H groups in total. The molecule has 0 aliphatic rings. The Morgan fingerprint density at radius 2 is 2.10 bits per heavy atom. The van der Waals surface area contributed by atoms with Crippen molar-refractivity contribution in [2.45, 2.75) is 13.8 Å². The fourth-order valence-corrected chi connectivity index (χ4v) is 1.94. The lowest BCUT2D eigenvalue weighted by Crippen LogP contribution is -2.14. The van der Waals surface area contributed by atoms with Crippen molar-refractivity contribution in [2.24, 2.45) is 0 Å². The van der Waals surface area contributed by atoms with E-state index < -0.39 is 5.97 Å². The molecule has 0 spiro atoms. The van der Waals surface area contributed by atoms with Gasteiger partial charge in [-0.25, -0.2) is 9.78 Å². The number of pyridine rings is 1. The number of para-hydroxylation sites is 1. The summed E-state index contributed by atoms with van der Waals surface area (Å²) in [7, 11) is 1.60. The van der Waals surface area contributed by atoms with E-state index in [0.29, 0.717) is 23.6 Å². The van der Waals surface area contributed by atoms with Crippen molar-refractivity contribution < 1.29 is 19.0 Å². The number of ether oxygens (including phenoxy) is 3. The molecule has 0 saturated heterocycles. The third kappa shape index (κ3) is 2.99. The Kier molecular flexibility index (Phi) is 4.40. The molecule has 0 atom stereocenters. The normalized spacial score (nSPS) is 10.3. The number of aryl methyl sites for hydroxylation is 1. The minimum atomic E-state index is -0.391. The van der Waals surface area contributed by atoms with E-state index in [1.54, 1.807) is 20.1 Å². The molecule has 0 amide bonds. The fraction of sp³-hybridized carbons (Fsp3) is 0.333. The van der Waals surface area contributed by atoms with Gasteiger partial charge in [0.15, 0.2) is 6.61 Å². The number of nitrogens with zero attached hydrogens (tertiary/aromatic N) is 1. The van der Waals surface area contributed by atoms with E-state index >= 15 is 0 Å². The summed E-state index contributed by atoms with van der Waals surface area (Å²) >= 11 is 0. The Morgan fingerprint density at radius 1 is 1.30 bits per heavy atom. The van der Waals surface area contributed by atoms with Crippen LogP contribution in [0.3, 0.4) is 0 Å². The van der Waals surface area contributed by atoms with Crippen molar-refractivity contribution in [3.05, 3.63) is 30.0 Å². The number of benzene rings is 1. The second kappa shape index (κ2) is 6.23. The number of methoxy groups -OCH3 is 1. The molecule has 1 heterocycles. The molecule has 5 heteroatoms. The number of rotatable bonds is 5. The molecule has 0 radical (unpaired) electrons. The topological polar surface area (TPSA) is 57.7 Å². The molecule has 5 nitrogen and oxygen atoms in total. The van der Waals surface area contributed by atoms with Crippen LogP contribution in [0.1, 0.15) is 12.6 Å². The molecule has 2 rings (SSSR count). The van der Waals surface area contributed by atoms with Crippen molar-refractivity contribution in [1.82, 2.24) is 4.98 Å². The van der Waals surface area contributed by atoms with E-state index in [0.717, 1.165) is 11.1 Å². The van der Waals surface area contributed by atoms with Crippen LogP contribution in [0.25, 0.3) is 10.9 Å². The lowest BCUT2D eigenvalue weighted by molar-refractivity contribution is -0.145. The molecule has 0 fully saturated rings. The summed E-state index contributed by atoms with van der Waals surface area (Å²) in [4.78, 5) is 15.8. The van der Waals surface area contributed by atoms with Crippen LogP contribution in [0.15, 0.2) is 24.3 Å². The van der Waals surface area contributed by atoms with Gasteiger partial charge in [0.2, 0.25) is 0 Å². The van der Waals surface area contributed by atoms with Gasteiger partial charge < -0.3 is 14.2 Å². The minimum absolute atomic E-state index is 0.121. The van der Waals surface area contributed by atoms with E-state index in [1.807, 2.05) is 25.1 Å². The zero-order valence-corrected chi connectivity index (χ0v) is 11.8. The molecule has 0 saturated carbocycles. The molecular formula is C15H17NO4. The van der Waals surface area contributed by atoms with Gasteiger partial charge in [0.25, 0.3) is 0 Å². The second-order valence-corrected chi connectivity index (χ2v) is 4.21. The average molecular weight is 275 g/mol. The van der Waals surface area contributed by atoms with Crippen LogP contribution in [0, 0.1) is 6.92 Å². The van der Waals surface area contributed by atoms with Crippen LogP contribution < -0.4 is 9.47 Å². The lowest BCUT2D eigenvalue weighted by atomic mass is 10.1. The standard InChI is InChI=1S/C15H17NO4/c1-4-19-14(17)9-20-13-8-10(2)16-15-11(13)6-5-7-12(15)18-3/h5-8H,4,9H2,1-3H3. The number of esters is 1. The van der Waals surface area contributed by atoms with Gasteiger partial charge in [-0.1, -0.05) is 6.07 Å². The van der Waals surface area contributed by atoms with Crippen molar-refractivity contribution in [1.29, 1.82) is 0 Å². The Hall–Kier alpha value is -2.30. The molecule has 1 aromatic carbocycles. The Balaban J connectivity index is 2.35. The molecule has 1 aromatic heterocycles. The molecule has 0 bridgehead atoms. The van der Waals surface area contributed by atoms with E-state index in [1.165, 1.54) is 0 Å². The molecule has 0 unspecified atom stereocenters. The number of carbonyl (C=O) groups excluding carboxylic acids is 1. The summed E-state index contributed by atoms with van der Waals surface area (Å²) in [6.07, 6.45) is 0. The highest BCUT2D eigenvalue weighted by atomic mass is 16.6. The van der Waals surface area contributed by atoms with Crippen LogP contribution in [0.5, 0.6) is 11.5 Å². The highest BCUT2D eigenvalue weighted by Gasteiger charge is 2.11. The first-order valence-corrected chi connectivity index (χ1v) is 6.38. The number of aromatic nitrogens is 1. The first kappa shape index (κ1) is 14.1. The third-order valence-corrected chi connectivity index (χ3v) is 2.76. The maximum absolute atomic E-state index is 11.4. The molecular weight excluding hydrogens is 258 g/mol. The van der Waals surface area contributed by atoms with Crippen molar-refractivity contribution in [3.8, 4) is 11.5 Å². The summed E-state index contributed by atoms with van der Waals surface area (Å²) in [5, 5.41) is 0.805. The quantitative estimate of drug-likeness (QED) is 0.785. The van der Waals surface area contributed by atoms with Gasteiger partial charge in [0.05, 0.1) is 13.7 Å². The SMILES string of the molecule is CCOC(=O)COc1cc(C)nc2c(OC)cccc12. The van der Waals surface area contributed by atoms with Gasteiger partial charge in [-0.2, -0.15) is 0 Å². The fourth-order valence-electron chi connectivity index (χ4n) is 1.94. The maximum Gasteiger partial charge on any atom is 0.344 e.